The van der Waals surface area contributed by atoms with Crippen LogP contribution in [-0.2, 0) is 28.8 Å². The summed E-state index contributed by atoms with van der Waals surface area (Å²) < 4.78 is 0. The van der Waals surface area contributed by atoms with Crippen LogP contribution in [0.2, 0.25) is 0 Å². The number of hydrogen-bond acceptors (Lipinski definition) is 8. The molecule has 0 aromatic carbocycles. The Morgan fingerprint density at radius 2 is 1.23 bits per heavy atom. The highest BCUT2D eigenvalue weighted by Crippen LogP contribution is 2.05. The minimum atomic E-state index is -1.65. The van der Waals surface area contributed by atoms with Gasteiger partial charge in [0.15, 0.2) is 5.96 Å². The summed E-state index contributed by atoms with van der Waals surface area (Å²) in [5.41, 5.74) is 26.5. The number of primary amides is 2. The summed E-state index contributed by atoms with van der Waals surface area (Å²) in [4.78, 5) is 75.6. The summed E-state index contributed by atoms with van der Waals surface area (Å²) in [6.07, 6.45) is -1.18. The molecule has 35 heavy (non-hydrogen) atoms. The molecule has 4 unspecified atom stereocenters. The monoisotopic (exact) mass is 501 g/mol. The lowest BCUT2D eigenvalue weighted by atomic mass is 10.0. The van der Waals surface area contributed by atoms with Gasteiger partial charge in [0.05, 0.1) is 18.9 Å². The Hall–Kier alpha value is -3.95. The van der Waals surface area contributed by atoms with Gasteiger partial charge >= 0.3 is 5.97 Å². The van der Waals surface area contributed by atoms with Crippen molar-refractivity contribution in [3.63, 3.8) is 0 Å². The number of carbonyl (C=O) groups excluding carboxylic acids is 5. The van der Waals surface area contributed by atoms with Crippen LogP contribution in [0.5, 0.6) is 0 Å². The minimum Gasteiger partial charge on any atom is -0.480 e. The number of nitrogens with zero attached hydrogens (tertiary/aromatic N) is 1. The smallest absolute Gasteiger partial charge is 0.326 e. The fourth-order valence-electron chi connectivity index (χ4n) is 2.70. The maximum atomic E-state index is 12.8. The highest BCUT2D eigenvalue weighted by molar-refractivity contribution is 5.96. The van der Waals surface area contributed by atoms with Crippen LogP contribution in [0.4, 0.5) is 0 Å². The van der Waals surface area contributed by atoms with Gasteiger partial charge in [-0.2, -0.15) is 0 Å². The lowest BCUT2D eigenvalue weighted by Crippen LogP contribution is -2.58. The lowest BCUT2D eigenvalue weighted by Gasteiger charge is -2.25. The first-order chi connectivity index (χ1) is 16.1. The molecule has 0 heterocycles. The third-order valence-electron chi connectivity index (χ3n) is 4.66. The molecule has 0 saturated carbocycles. The van der Waals surface area contributed by atoms with Gasteiger partial charge in [-0.25, -0.2) is 4.79 Å². The Kier molecular flexibility index (Phi) is 13.4. The maximum absolute atomic E-state index is 12.8. The molecule has 0 aliphatic carbocycles. The number of amides is 5. The number of hydrogen-bond donors (Lipinski definition) is 9. The van der Waals surface area contributed by atoms with Crippen LogP contribution >= 0.6 is 0 Å². The van der Waals surface area contributed by atoms with Gasteiger partial charge in [-0.05, 0) is 18.8 Å². The van der Waals surface area contributed by atoms with Crippen molar-refractivity contribution in [1.29, 1.82) is 0 Å². The summed E-state index contributed by atoms with van der Waals surface area (Å²) in [5.74, 6) is -6.52. The van der Waals surface area contributed by atoms with E-state index in [0.717, 1.165) is 0 Å². The highest BCUT2D eigenvalue weighted by Gasteiger charge is 2.31. The molecule has 16 heteroatoms. The van der Waals surface area contributed by atoms with Gasteiger partial charge in [0, 0.05) is 6.54 Å². The van der Waals surface area contributed by atoms with E-state index >= 15 is 0 Å². The molecule has 0 saturated heterocycles. The fraction of sp³-hybridized carbons (Fsp3) is 0.632. The topological polar surface area (TPSA) is 301 Å². The zero-order chi connectivity index (χ0) is 27.3. The average Bonchev–Trinajstić information content (AvgIpc) is 2.72. The van der Waals surface area contributed by atoms with Crippen molar-refractivity contribution >= 4 is 41.5 Å². The number of carboxylic acid groups (broad SMARTS) is 1. The molecule has 0 aliphatic heterocycles. The predicted molar refractivity (Wildman–Crippen MR) is 124 cm³/mol. The molecule has 0 radical (unpaired) electrons. The normalized spacial score (nSPS) is 14.1. The van der Waals surface area contributed by atoms with Gasteiger partial charge in [-0.15, -0.1) is 0 Å². The molecule has 0 aromatic rings. The van der Waals surface area contributed by atoms with Gasteiger partial charge in [0.2, 0.25) is 29.5 Å². The Morgan fingerprint density at radius 1 is 0.771 bits per heavy atom. The van der Waals surface area contributed by atoms with Gasteiger partial charge in [-0.1, -0.05) is 13.8 Å². The molecule has 198 valence electrons. The first-order valence-electron chi connectivity index (χ1n) is 10.7. The van der Waals surface area contributed by atoms with Crippen LogP contribution in [-0.4, -0.2) is 77.3 Å². The van der Waals surface area contributed by atoms with Crippen LogP contribution in [0.25, 0.3) is 0 Å². The second kappa shape index (κ2) is 15.0. The van der Waals surface area contributed by atoms with E-state index < -0.39 is 72.5 Å². The third-order valence-corrected chi connectivity index (χ3v) is 4.66. The van der Waals surface area contributed by atoms with E-state index in [-0.39, 0.29) is 31.3 Å². The van der Waals surface area contributed by atoms with Crippen LogP contribution < -0.4 is 44.6 Å². The average molecular weight is 502 g/mol. The summed E-state index contributed by atoms with van der Waals surface area (Å²) in [7, 11) is 0. The highest BCUT2D eigenvalue weighted by atomic mass is 16.4. The molecule has 0 rings (SSSR count). The lowest BCUT2D eigenvalue weighted by molar-refractivity contribution is -0.144. The number of rotatable bonds is 16. The van der Waals surface area contributed by atoms with E-state index in [1.165, 1.54) is 0 Å². The van der Waals surface area contributed by atoms with Crippen molar-refractivity contribution in [3.05, 3.63) is 0 Å². The van der Waals surface area contributed by atoms with Gasteiger partial charge in [0.1, 0.15) is 18.1 Å². The number of nitrogens with one attached hydrogen (secondary N) is 3. The van der Waals surface area contributed by atoms with Crippen molar-refractivity contribution < 1.29 is 33.9 Å². The molecular formula is C19H35N9O7. The largest absolute Gasteiger partial charge is 0.480 e. The van der Waals surface area contributed by atoms with Gasteiger partial charge in [-0.3, -0.25) is 29.0 Å². The second-order valence-corrected chi connectivity index (χ2v) is 8.08. The number of nitrogens with two attached hydrogens (primary N) is 5. The molecule has 14 N–H and O–H groups in total. The molecule has 5 amide bonds. The van der Waals surface area contributed by atoms with Crippen molar-refractivity contribution in [3.8, 4) is 0 Å². The molecule has 0 fully saturated rings. The van der Waals surface area contributed by atoms with Gasteiger partial charge < -0.3 is 49.7 Å². The van der Waals surface area contributed by atoms with Gasteiger partial charge in [0.25, 0.3) is 0 Å². The number of aliphatic imine (C=N–C) groups is 1. The Balaban J connectivity index is 5.68. The molecule has 0 spiro atoms. The number of carbonyl (C=O) groups is 6. The number of guanidine groups is 1. The number of carboxylic acids is 1. The zero-order valence-corrected chi connectivity index (χ0v) is 19.7. The van der Waals surface area contributed by atoms with Crippen LogP contribution in [0.1, 0.15) is 39.5 Å². The molecule has 0 aromatic heterocycles. The van der Waals surface area contributed by atoms with E-state index in [4.69, 9.17) is 28.7 Å². The molecular weight excluding hydrogens is 466 g/mol. The zero-order valence-electron chi connectivity index (χ0n) is 19.7. The van der Waals surface area contributed by atoms with Crippen LogP contribution in [0.3, 0.4) is 0 Å². The summed E-state index contributed by atoms with van der Waals surface area (Å²) in [6.45, 7) is 3.43. The van der Waals surface area contributed by atoms with E-state index in [1.807, 2.05) is 0 Å². The Bertz CT molecular complexity index is 827. The quantitative estimate of drug-likeness (QED) is 0.0552. The minimum absolute atomic E-state index is 0.0694. The summed E-state index contributed by atoms with van der Waals surface area (Å²) >= 11 is 0. The SMILES string of the molecule is CC(C)C(N)C(=O)NC(CC(N)=O)C(=O)NC(CCCN=C(N)N)C(=O)NC(CC(N)=O)C(=O)O. The summed E-state index contributed by atoms with van der Waals surface area (Å²) in [6, 6.07) is -5.44. The van der Waals surface area contributed by atoms with Crippen molar-refractivity contribution in [2.75, 3.05) is 6.54 Å². The van der Waals surface area contributed by atoms with E-state index in [0.29, 0.717) is 0 Å². The third kappa shape index (κ3) is 12.8. The van der Waals surface area contributed by atoms with Crippen LogP contribution in [0, 0.1) is 5.92 Å². The van der Waals surface area contributed by atoms with E-state index in [9.17, 15) is 33.9 Å². The van der Waals surface area contributed by atoms with Crippen molar-refractivity contribution in [1.82, 2.24) is 16.0 Å². The van der Waals surface area contributed by atoms with Crippen molar-refractivity contribution in [2.24, 2.45) is 39.6 Å². The molecule has 0 aliphatic rings. The van der Waals surface area contributed by atoms with E-state index in [1.54, 1.807) is 13.8 Å². The Morgan fingerprint density at radius 3 is 1.69 bits per heavy atom. The second-order valence-electron chi connectivity index (χ2n) is 8.08. The fourth-order valence-corrected chi connectivity index (χ4v) is 2.70. The summed E-state index contributed by atoms with van der Waals surface area (Å²) in [5, 5.41) is 16.0. The van der Waals surface area contributed by atoms with Crippen LogP contribution in [0.15, 0.2) is 4.99 Å². The Labute approximate surface area is 201 Å². The number of aliphatic carboxylic acids is 1. The van der Waals surface area contributed by atoms with Crippen molar-refractivity contribution in [2.45, 2.75) is 63.7 Å². The van der Waals surface area contributed by atoms with E-state index in [2.05, 4.69) is 20.9 Å². The maximum Gasteiger partial charge on any atom is 0.326 e. The first kappa shape index (κ1) is 31.0. The molecule has 16 nitrogen and oxygen atoms in total. The molecule has 4 atom stereocenters. The standard InChI is InChI=1S/C19H35N9O7/c1-8(2)14(22)17(33)27-10(6-12(20)29)16(32)26-9(4-3-5-25-19(23)24)15(31)28-11(18(34)35)7-13(21)30/h8-11,14H,3-7,22H2,1-2H3,(H2,20,29)(H2,21,30)(H,26,32)(H,27,33)(H,28,31)(H,34,35)(H4,23,24,25). The molecule has 0 bridgehead atoms. The first-order valence-corrected chi connectivity index (χ1v) is 10.7. The predicted octanol–water partition coefficient (Wildman–Crippen LogP) is -4.69.